The number of carbonyl (C=O) groups excluding carboxylic acids is 1. The lowest BCUT2D eigenvalue weighted by Gasteiger charge is -2.20. The van der Waals surface area contributed by atoms with Gasteiger partial charge in [-0.1, -0.05) is 11.6 Å². The summed E-state index contributed by atoms with van der Waals surface area (Å²) in [7, 11) is -3.33. The van der Waals surface area contributed by atoms with Crippen LogP contribution in [0.2, 0.25) is 5.02 Å². The standard InChI is InChI=1S/C16H13ClF3N5O3S/c1-25-8-10(29(27,28)24-15(3-4-15)16(18,19)20)12(17)13(25)14(26)23-11-6-9(7-21)2-5-22-11/h2,5-6,8,24H,3-4H2,1H3,(H,22,23,26). The monoisotopic (exact) mass is 447 g/mol. The molecule has 154 valence electrons. The van der Waals surface area contributed by atoms with E-state index in [9.17, 15) is 26.4 Å². The molecule has 0 bridgehead atoms. The predicted octanol–water partition coefficient (Wildman–Crippen LogP) is 2.57. The fourth-order valence-corrected chi connectivity index (χ4v) is 4.79. The summed E-state index contributed by atoms with van der Waals surface area (Å²) in [6, 6.07) is 4.56. The van der Waals surface area contributed by atoms with Crippen molar-refractivity contribution >= 4 is 33.3 Å². The number of halogens is 4. The number of nitrogens with zero attached hydrogens (tertiary/aromatic N) is 3. The van der Waals surface area contributed by atoms with Crippen molar-refractivity contribution in [2.75, 3.05) is 5.32 Å². The van der Waals surface area contributed by atoms with E-state index in [0.29, 0.717) is 0 Å². The van der Waals surface area contributed by atoms with Crippen LogP contribution in [0, 0.1) is 11.3 Å². The van der Waals surface area contributed by atoms with E-state index < -0.39 is 37.6 Å². The van der Waals surface area contributed by atoms with E-state index in [-0.39, 0.29) is 29.9 Å². The lowest BCUT2D eigenvalue weighted by atomic mass is 10.3. The van der Waals surface area contributed by atoms with Crippen LogP contribution in [0.25, 0.3) is 0 Å². The lowest BCUT2D eigenvalue weighted by Crippen LogP contribution is -2.47. The van der Waals surface area contributed by atoms with Crippen LogP contribution in [0.15, 0.2) is 29.4 Å². The van der Waals surface area contributed by atoms with E-state index >= 15 is 0 Å². The quantitative estimate of drug-likeness (QED) is 0.730. The van der Waals surface area contributed by atoms with Gasteiger partial charge < -0.3 is 9.88 Å². The number of sulfonamides is 1. The molecule has 1 aliphatic rings. The van der Waals surface area contributed by atoms with Gasteiger partial charge in [0.1, 0.15) is 21.9 Å². The predicted molar refractivity (Wildman–Crippen MR) is 95.7 cm³/mol. The summed E-state index contributed by atoms with van der Waals surface area (Å²) in [5.74, 6) is -0.832. The largest absolute Gasteiger partial charge is 0.407 e. The number of hydrogen-bond donors (Lipinski definition) is 2. The van der Waals surface area contributed by atoms with Crippen LogP contribution in [0.1, 0.15) is 28.9 Å². The third-order valence-corrected chi connectivity index (χ3v) is 6.39. The van der Waals surface area contributed by atoms with Crippen LogP contribution < -0.4 is 10.0 Å². The Morgan fingerprint density at radius 2 is 2.07 bits per heavy atom. The van der Waals surface area contributed by atoms with Crippen molar-refractivity contribution in [1.82, 2.24) is 14.3 Å². The van der Waals surface area contributed by atoms with Crippen molar-refractivity contribution in [2.45, 2.75) is 29.5 Å². The zero-order chi connectivity index (χ0) is 21.6. The molecule has 2 aromatic heterocycles. The Balaban J connectivity index is 1.90. The van der Waals surface area contributed by atoms with Crippen molar-refractivity contribution in [3.8, 4) is 6.07 Å². The number of nitriles is 1. The SMILES string of the molecule is Cn1cc(S(=O)(=O)NC2(C(F)(F)F)CC2)c(Cl)c1C(=O)Nc1cc(C#N)ccn1. The molecule has 0 radical (unpaired) electrons. The van der Waals surface area contributed by atoms with E-state index in [1.807, 2.05) is 6.07 Å². The molecule has 0 saturated heterocycles. The second-order valence-electron chi connectivity index (χ2n) is 6.45. The van der Waals surface area contributed by atoms with Crippen LogP contribution >= 0.6 is 11.6 Å². The molecule has 0 spiro atoms. The highest BCUT2D eigenvalue weighted by atomic mass is 35.5. The zero-order valence-corrected chi connectivity index (χ0v) is 16.3. The Morgan fingerprint density at radius 1 is 1.41 bits per heavy atom. The Kier molecular flexibility index (Phi) is 5.10. The average molecular weight is 448 g/mol. The van der Waals surface area contributed by atoms with Gasteiger partial charge in [0.05, 0.1) is 16.7 Å². The normalized spacial score (nSPS) is 15.6. The molecule has 2 N–H and O–H groups in total. The Morgan fingerprint density at radius 3 is 2.62 bits per heavy atom. The van der Waals surface area contributed by atoms with Crippen molar-refractivity contribution in [1.29, 1.82) is 5.26 Å². The molecule has 0 atom stereocenters. The van der Waals surface area contributed by atoms with Gasteiger partial charge in [0, 0.05) is 19.4 Å². The van der Waals surface area contributed by atoms with E-state index in [1.54, 1.807) is 4.72 Å². The van der Waals surface area contributed by atoms with Crippen molar-refractivity contribution in [2.24, 2.45) is 7.05 Å². The minimum absolute atomic E-state index is 0.0165. The smallest absolute Gasteiger partial charge is 0.344 e. The summed E-state index contributed by atoms with van der Waals surface area (Å²) in [6.07, 6.45) is -3.28. The Hall–Kier alpha value is -2.62. The minimum Gasteiger partial charge on any atom is -0.344 e. The van der Waals surface area contributed by atoms with Gasteiger partial charge in [-0.15, -0.1) is 0 Å². The average Bonchev–Trinajstić information content (AvgIpc) is 3.33. The lowest BCUT2D eigenvalue weighted by molar-refractivity contribution is -0.160. The Bertz CT molecular complexity index is 1130. The molecule has 1 amide bonds. The minimum atomic E-state index is -4.75. The maximum Gasteiger partial charge on any atom is 0.407 e. The summed E-state index contributed by atoms with van der Waals surface area (Å²) >= 11 is 6.04. The summed E-state index contributed by atoms with van der Waals surface area (Å²) in [4.78, 5) is 15.7. The number of anilines is 1. The molecular weight excluding hydrogens is 435 g/mol. The maximum atomic E-state index is 13.1. The molecule has 29 heavy (non-hydrogen) atoms. The third kappa shape index (κ3) is 3.93. The number of amides is 1. The number of rotatable bonds is 5. The molecule has 0 aliphatic heterocycles. The molecular formula is C16H13ClF3N5O3S. The van der Waals surface area contributed by atoms with Crippen LogP contribution in [-0.4, -0.2) is 35.6 Å². The van der Waals surface area contributed by atoms with Gasteiger partial charge in [0.2, 0.25) is 10.0 Å². The van der Waals surface area contributed by atoms with E-state index in [2.05, 4.69) is 10.3 Å². The van der Waals surface area contributed by atoms with Crippen molar-refractivity contribution in [3.63, 3.8) is 0 Å². The van der Waals surface area contributed by atoms with Crippen molar-refractivity contribution in [3.05, 3.63) is 40.8 Å². The van der Waals surface area contributed by atoms with Crippen LogP contribution in [0.5, 0.6) is 0 Å². The Labute approximate surface area is 168 Å². The van der Waals surface area contributed by atoms with Crippen molar-refractivity contribution < 1.29 is 26.4 Å². The first-order valence-electron chi connectivity index (χ1n) is 8.03. The number of nitrogens with one attached hydrogen (secondary N) is 2. The molecule has 3 rings (SSSR count). The number of hydrogen-bond acceptors (Lipinski definition) is 5. The summed E-state index contributed by atoms with van der Waals surface area (Å²) < 4.78 is 67.0. The highest BCUT2D eigenvalue weighted by Crippen LogP contribution is 2.50. The van der Waals surface area contributed by atoms with E-state index in [1.165, 1.54) is 25.4 Å². The van der Waals surface area contributed by atoms with Gasteiger partial charge >= 0.3 is 6.18 Å². The first-order chi connectivity index (χ1) is 13.4. The molecule has 0 unspecified atom stereocenters. The van der Waals surface area contributed by atoms with Gasteiger partial charge in [0.15, 0.2) is 0 Å². The van der Waals surface area contributed by atoms with Crippen LogP contribution in [0.4, 0.5) is 19.0 Å². The van der Waals surface area contributed by atoms with Gasteiger partial charge in [0.25, 0.3) is 5.91 Å². The highest BCUT2D eigenvalue weighted by molar-refractivity contribution is 7.89. The fourth-order valence-electron chi connectivity index (χ4n) is 2.64. The van der Waals surface area contributed by atoms with Gasteiger partial charge in [-0.25, -0.2) is 13.4 Å². The molecule has 13 heteroatoms. The molecule has 1 aliphatic carbocycles. The summed E-state index contributed by atoms with van der Waals surface area (Å²) in [6.45, 7) is 0. The highest BCUT2D eigenvalue weighted by Gasteiger charge is 2.65. The van der Waals surface area contributed by atoms with Crippen LogP contribution in [0.3, 0.4) is 0 Å². The topological polar surface area (TPSA) is 117 Å². The number of aryl methyl sites for hydroxylation is 1. The van der Waals surface area contributed by atoms with E-state index in [0.717, 1.165) is 10.8 Å². The van der Waals surface area contributed by atoms with Crippen LogP contribution in [-0.2, 0) is 17.1 Å². The molecule has 1 saturated carbocycles. The number of carbonyl (C=O) groups is 1. The number of alkyl halides is 3. The summed E-state index contributed by atoms with van der Waals surface area (Å²) in [5.41, 5.74) is -2.59. The first kappa shape index (κ1) is 21.1. The van der Waals surface area contributed by atoms with Gasteiger partial charge in [-0.05, 0) is 25.0 Å². The second-order valence-corrected chi connectivity index (χ2v) is 8.48. The van der Waals surface area contributed by atoms with Gasteiger partial charge in [-0.3, -0.25) is 4.79 Å². The maximum absolute atomic E-state index is 13.1. The molecule has 2 aromatic rings. The number of pyridine rings is 1. The number of aromatic nitrogens is 2. The zero-order valence-electron chi connectivity index (χ0n) is 14.7. The first-order valence-corrected chi connectivity index (χ1v) is 9.89. The molecule has 8 nitrogen and oxygen atoms in total. The third-order valence-electron chi connectivity index (χ3n) is 4.35. The fraction of sp³-hybridized carbons (Fsp3) is 0.312. The van der Waals surface area contributed by atoms with E-state index in [4.69, 9.17) is 16.9 Å². The molecule has 1 fully saturated rings. The molecule has 0 aromatic carbocycles. The van der Waals surface area contributed by atoms with Gasteiger partial charge in [-0.2, -0.15) is 23.2 Å². The molecule has 2 heterocycles. The second kappa shape index (κ2) is 7.01. The summed E-state index contributed by atoms with van der Waals surface area (Å²) in [5, 5.41) is 10.7.